The van der Waals surface area contributed by atoms with Crippen LogP contribution in [0.3, 0.4) is 0 Å². The van der Waals surface area contributed by atoms with Gasteiger partial charge >= 0.3 is 5.97 Å². The van der Waals surface area contributed by atoms with Crippen molar-refractivity contribution in [2.75, 3.05) is 14.2 Å². The molecule has 0 aliphatic rings. The van der Waals surface area contributed by atoms with Crippen molar-refractivity contribution in [1.82, 2.24) is 14.5 Å². The Hall–Kier alpha value is -3.61. The van der Waals surface area contributed by atoms with Crippen molar-refractivity contribution in [1.29, 1.82) is 0 Å². The van der Waals surface area contributed by atoms with Crippen LogP contribution < -0.4 is 4.74 Å². The van der Waals surface area contributed by atoms with Crippen LogP contribution in [-0.2, 0) is 11.3 Å². The lowest BCUT2D eigenvalue weighted by atomic mass is 10.2. The van der Waals surface area contributed by atoms with Gasteiger partial charge in [0, 0.05) is 10.9 Å². The Morgan fingerprint density at radius 1 is 1.19 bits per heavy atom. The van der Waals surface area contributed by atoms with E-state index in [0.717, 1.165) is 28.0 Å². The summed E-state index contributed by atoms with van der Waals surface area (Å²) in [5.41, 5.74) is 3.61. The van der Waals surface area contributed by atoms with Crippen molar-refractivity contribution in [3.05, 3.63) is 66.5 Å². The average molecular weight is 363 g/mol. The first-order valence-electron chi connectivity index (χ1n) is 8.29. The number of oxazole rings is 1. The van der Waals surface area contributed by atoms with Crippen LogP contribution in [0.2, 0.25) is 0 Å². The van der Waals surface area contributed by atoms with Gasteiger partial charge in [-0.1, -0.05) is 6.07 Å². The normalized spacial score (nSPS) is 10.9. The zero-order chi connectivity index (χ0) is 18.8. The third-order valence-electron chi connectivity index (χ3n) is 4.32. The summed E-state index contributed by atoms with van der Waals surface area (Å²) in [5, 5.41) is 1.01. The standard InChI is InChI=1S/C20H17N3O4/c1-25-15-6-7-18-13(8-15)9-19(17-11-27-12-21-17)23(18)10-14-4-3-5-16(22-14)20(24)26-2/h3-9,11-12H,10H2,1-2H3. The van der Waals surface area contributed by atoms with Crippen LogP contribution >= 0.6 is 0 Å². The first-order chi connectivity index (χ1) is 13.2. The van der Waals surface area contributed by atoms with Crippen LogP contribution in [-0.4, -0.2) is 34.7 Å². The summed E-state index contributed by atoms with van der Waals surface area (Å²) >= 11 is 0. The van der Waals surface area contributed by atoms with Gasteiger partial charge in [0.15, 0.2) is 6.39 Å². The topological polar surface area (TPSA) is 79.4 Å². The van der Waals surface area contributed by atoms with Crippen molar-refractivity contribution in [3.63, 3.8) is 0 Å². The van der Waals surface area contributed by atoms with Gasteiger partial charge in [0.2, 0.25) is 0 Å². The maximum atomic E-state index is 11.8. The predicted octanol–water partition coefficient (Wildman–Crippen LogP) is 3.53. The third kappa shape index (κ3) is 3.15. The molecule has 0 aliphatic heterocycles. The maximum absolute atomic E-state index is 11.8. The molecule has 0 atom stereocenters. The maximum Gasteiger partial charge on any atom is 0.356 e. The van der Waals surface area contributed by atoms with E-state index in [9.17, 15) is 4.79 Å². The Balaban J connectivity index is 1.82. The summed E-state index contributed by atoms with van der Waals surface area (Å²) in [6.07, 6.45) is 2.99. The second-order valence-corrected chi connectivity index (χ2v) is 5.92. The molecule has 136 valence electrons. The fourth-order valence-corrected chi connectivity index (χ4v) is 3.05. The van der Waals surface area contributed by atoms with E-state index >= 15 is 0 Å². The summed E-state index contributed by atoms with van der Waals surface area (Å²) in [6, 6.07) is 13.2. The van der Waals surface area contributed by atoms with Crippen LogP contribution in [0.5, 0.6) is 5.75 Å². The molecule has 0 radical (unpaired) electrons. The smallest absolute Gasteiger partial charge is 0.356 e. The van der Waals surface area contributed by atoms with Crippen molar-refractivity contribution in [2.24, 2.45) is 0 Å². The Morgan fingerprint density at radius 3 is 2.81 bits per heavy atom. The van der Waals surface area contributed by atoms with E-state index in [4.69, 9.17) is 13.9 Å². The van der Waals surface area contributed by atoms with Gasteiger partial charge in [-0.2, -0.15) is 0 Å². The van der Waals surface area contributed by atoms with Crippen LogP contribution in [0, 0.1) is 0 Å². The van der Waals surface area contributed by atoms with Crippen LogP contribution in [0.1, 0.15) is 16.2 Å². The summed E-state index contributed by atoms with van der Waals surface area (Å²) in [4.78, 5) is 20.5. The number of rotatable bonds is 5. The third-order valence-corrected chi connectivity index (χ3v) is 4.32. The quantitative estimate of drug-likeness (QED) is 0.505. The van der Waals surface area contributed by atoms with Crippen LogP contribution in [0.15, 0.2) is 59.5 Å². The van der Waals surface area contributed by atoms with Crippen molar-refractivity contribution in [3.8, 4) is 17.1 Å². The number of aromatic nitrogens is 3. The Kier molecular flexibility index (Phi) is 4.33. The number of benzene rings is 1. The molecule has 0 unspecified atom stereocenters. The zero-order valence-corrected chi connectivity index (χ0v) is 14.9. The number of methoxy groups -OCH3 is 2. The number of fused-ring (bicyclic) bond motifs is 1. The molecule has 27 heavy (non-hydrogen) atoms. The van der Waals surface area contributed by atoms with Gasteiger partial charge in [-0.15, -0.1) is 0 Å². The van der Waals surface area contributed by atoms with Gasteiger partial charge in [0.25, 0.3) is 0 Å². The Labute approximate surface area is 155 Å². The highest BCUT2D eigenvalue weighted by Crippen LogP contribution is 2.30. The monoisotopic (exact) mass is 363 g/mol. The van der Waals surface area contributed by atoms with Gasteiger partial charge in [0.1, 0.15) is 23.4 Å². The lowest BCUT2D eigenvalue weighted by Crippen LogP contribution is -2.09. The Bertz CT molecular complexity index is 1100. The number of carbonyl (C=O) groups excluding carboxylic acids is 1. The van der Waals surface area contributed by atoms with Crippen LogP contribution in [0.4, 0.5) is 0 Å². The SMILES string of the molecule is COC(=O)c1cccc(Cn2c(-c3cocn3)cc3cc(OC)ccc32)n1. The number of pyridine rings is 1. The summed E-state index contributed by atoms with van der Waals surface area (Å²) in [7, 11) is 2.98. The van der Waals surface area contributed by atoms with E-state index in [1.807, 2.05) is 30.3 Å². The molecule has 7 nitrogen and oxygen atoms in total. The molecule has 0 fully saturated rings. The number of carbonyl (C=O) groups is 1. The minimum atomic E-state index is -0.462. The summed E-state index contributed by atoms with van der Waals surface area (Å²) in [5.74, 6) is 0.313. The molecule has 3 aromatic heterocycles. The second kappa shape index (κ2) is 6.95. The molecule has 1 aromatic carbocycles. The summed E-state index contributed by atoms with van der Waals surface area (Å²) < 4.78 is 17.3. The molecule has 0 amide bonds. The van der Waals surface area contributed by atoms with Gasteiger partial charge < -0.3 is 18.5 Å². The van der Waals surface area contributed by atoms with E-state index < -0.39 is 5.97 Å². The number of esters is 1. The molecule has 0 aliphatic carbocycles. The fourth-order valence-electron chi connectivity index (χ4n) is 3.05. The number of hydrogen-bond donors (Lipinski definition) is 0. The average Bonchev–Trinajstić information content (AvgIpc) is 3.35. The van der Waals surface area contributed by atoms with E-state index in [-0.39, 0.29) is 5.69 Å². The summed E-state index contributed by atoms with van der Waals surface area (Å²) in [6.45, 7) is 0.461. The molecule has 4 aromatic rings. The van der Waals surface area contributed by atoms with Crippen LogP contribution in [0.25, 0.3) is 22.3 Å². The minimum absolute atomic E-state index is 0.274. The van der Waals surface area contributed by atoms with E-state index in [2.05, 4.69) is 14.5 Å². The van der Waals surface area contributed by atoms with E-state index in [0.29, 0.717) is 12.2 Å². The molecule has 4 rings (SSSR count). The number of ether oxygens (including phenoxy) is 2. The first kappa shape index (κ1) is 16.8. The molecule has 0 spiro atoms. The van der Waals surface area contributed by atoms with Crippen molar-refractivity contribution in [2.45, 2.75) is 6.54 Å². The molecule has 0 saturated heterocycles. The molecular formula is C20H17N3O4. The highest BCUT2D eigenvalue weighted by molar-refractivity contribution is 5.88. The van der Waals surface area contributed by atoms with Gasteiger partial charge in [0.05, 0.1) is 32.2 Å². The lowest BCUT2D eigenvalue weighted by molar-refractivity contribution is 0.0593. The first-order valence-corrected chi connectivity index (χ1v) is 8.29. The van der Waals surface area contributed by atoms with Gasteiger partial charge in [-0.05, 0) is 36.4 Å². The number of hydrogen-bond acceptors (Lipinski definition) is 6. The second-order valence-electron chi connectivity index (χ2n) is 5.92. The van der Waals surface area contributed by atoms with E-state index in [1.54, 1.807) is 25.5 Å². The van der Waals surface area contributed by atoms with E-state index in [1.165, 1.54) is 13.5 Å². The van der Waals surface area contributed by atoms with Crippen molar-refractivity contribution >= 4 is 16.9 Å². The molecule has 0 bridgehead atoms. The fraction of sp³-hybridized carbons (Fsp3) is 0.150. The molecule has 7 heteroatoms. The highest BCUT2D eigenvalue weighted by atomic mass is 16.5. The molecular weight excluding hydrogens is 346 g/mol. The minimum Gasteiger partial charge on any atom is -0.497 e. The number of nitrogens with zero attached hydrogens (tertiary/aromatic N) is 3. The highest BCUT2D eigenvalue weighted by Gasteiger charge is 2.15. The van der Waals surface area contributed by atoms with Gasteiger partial charge in [-0.25, -0.2) is 14.8 Å². The lowest BCUT2D eigenvalue weighted by Gasteiger charge is -2.10. The Morgan fingerprint density at radius 2 is 2.07 bits per heavy atom. The zero-order valence-electron chi connectivity index (χ0n) is 14.9. The largest absolute Gasteiger partial charge is 0.497 e. The predicted molar refractivity (Wildman–Crippen MR) is 98.7 cm³/mol. The van der Waals surface area contributed by atoms with Gasteiger partial charge in [-0.3, -0.25) is 0 Å². The molecule has 0 saturated carbocycles. The van der Waals surface area contributed by atoms with Crippen molar-refractivity contribution < 1.29 is 18.7 Å². The molecule has 0 N–H and O–H groups in total. The molecule has 3 heterocycles.